The molecule has 1 fully saturated rings. The maximum absolute atomic E-state index is 13.7. The molecule has 0 spiro atoms. The lowest BCUT2D eigenvalue weighted by molar-refractivity contribution is 0.148. The molecule has 0 unspecified atom stereocenters. The summed E-state index contributed by atoms with van der Waals surface area (Å²) in [6, 6.07) is 3.59. The zero-order valence-electron chi connectivity index (χ0n) is 9.80. The summed E-state index contributed by atoms with van der Waals surface area (Å²) in [4.78, 5) is -0.335. The summed E-state index contributed by atoms with van der Waals surface area (Å²) in [5.41, 5.74) is 5.61. The van der Waals surface area contributed by atoms with Crippen LogP contribution >= 0.6 is 0 Å². The number of nitrogens with two attached hydrogens (primary N) is 1. The zero-order valence-corrected chi connectivity index (χ0v) is 10.6. The van der Waals surface area contributed by atoms with Crippen molar-refractivity contribution in [3.05, 3.63) is 24.0 Å². The predicted molar refractivity (Wildman–Crippen MR) is 65.0 cm³/mol. The maximum atomic E-state index is 13.7. The third-order valence-corrected chi connectivity index (χ3v) is 4.69. The van der Waals surface area contributed by atoms with Crippen molar-refractivity contribution in [1.82, 2.24) is 4.31 Å². The van der Waals surface area contributed by atoms with Gasteiger partial charge in [-0.05, 0) is 24.6 Å². The van der Waals surface area contributed by atoms with E-state index >= 15 is 0 Å². The van der Waals surface area contributed by atoms with Gasteiger partial charge in [0.15, 0.2) is 0 Å². The Kier molecular flexibility index (Phi) is 3.84. The van der Waals surface area contributed by atoms with Crippen molar-refractivity contribution >= 4 is 15.7 Å². The minimum Gasteiger partial charge on any atom is -0.399 e. The second-order valence-corrected chi connectivity index (χ2v) is 5.97. The van der Waals surface area contributed by atoms with E-state index in [4.69, 9.17) is 10.5 Å². The lowest BCUT2D eigenvalue weighted by Crippen LogP contribution is -2.33. The first kappa shape index (κ1) is 13.3. The van der Waals surface area contributed by atoms with Gasteiger partial charge >= 0.3 is 0 Å². The molecule has 0 atom stereocenters. The Morgan fingerprint density at radius 1 is 1.28 bits per heavy atom. The number of ether oxygens (including phenoxy) is 1. The summed E-state index contributed by atoms with van der Waals surface area (Å²) >= 11 is 0. The van der Waals surface area contributed by atoms with Crippen LogP contribution in [0.25, 0.3) is 0 Å². The molecular weight excluding hydrogens is 259 g/mol. The molecular formula is C11H15FN2O3S. The number of nitrogens with zero attached hydrogens (tertiary/aromatic N) is 1. The molecule has 1 saturated heterocycles. The summed E-state index contributed by atoms with van der Waals surface area (Å²) in [5, 5.41) is 0. The van der Waals surface area contributed by atoms with Crippen LogP contribution in [-0.4, -0.2) is 39.0 Å². The van der Waals surface area contributed by atoms with Gasteiger partial charge in [-0.3, -0.25) is 0 Å². The normalized spacial score (nSPS) is 18.5. The number of hydrogen-bond donors (Lipinski definition) is 1. The third-order valence-electron chi connectivity index (χ3n) is 2.75. The Morgan fingerprint density at radius 3 is 2.78 bits per heavy atom. The number of sulfonamides is 1. The summed E-state index contributed by atoms with van der Waals surface area (Å²) < 4.78 is 44.6. The highest BCUT2D eigenvalue weighted by molar-refractivity contribution is 7.89. The number of anilines is 1. The SMILES string of the molecule is Nc1ccc(S(=O)(=O)N2CCCOCC2)c(F)c1. The molecule has 1 aromatic carbocycles. The van der Waals surface area contributed by atoms with E-state index < -0.39 is 15.8 Å². The van der Waals surface area contributed by atoms with Gasteiger partial charge in [-0.25, -0.2) is 12.8 Å². The van der Waals surface area contributed by atoms with Gasteiger partial charge < -0.3 is 10.5 Å². The Hall–Kier alpha value is -1.18. The Labute approximate surface area is 105 Å². The largest absolute Gasteiger partial charge is 0.399 e. The van der Waals surface area contributed by atoms with Crippen LogP contribution in [-0.2, 0) is 14.8 Å². The molecule has 2 rings (SSSR count). The van der Waals surface area contributed by atoms with Crippen molar-refractivity contribution in [2.75, 3.05) is 32.0 Å². The van der Waals surface area contributed by atoms with Gasteiger partial charge in [0.1, 0.15) is 10.7 Å². The van der Waals surface area contributed by atoms with Crippen LogP contribution in [0.1, 0.15) is 6.42 Å². The van der Waals surface area contributed by atoms with E-state index in [0.29, 0.717) is 26.2 Å². The molecule has 1 aliphatic heterocycles. The molecule has 0 aromatic heterocycles. The molecule has 0 radical (unpaired) electrons. The first-order chi connectivity index (χ1) is 8.51. The molecule has 1 aromatic rings. The van der Waals surface area contributed by atoms with E-state index in [1.807, 2.05) is 0 Å². The summed E-state index contributed by atoms with van der Waals surface area (Å²) in [7, 11) is -3.81. The molecule has 100 valence electrons. The van der Waals surface area contributed by atoms with Crippen molar-refractivity contribution in [2.24, 2.45) is 0 Å². The second kappa shape index (κ2) is 5.21. The van der Waals surface area contributed by atoms with E-state index in [0.717, 1.165) is 6.07 Å². The monoisotopic (exact) mass is 274 g/mol. The quantitative estimate of drug-likeness (QED) is 0.810. The standard InChI is InChI=1S/C11H15FN2O3S/c12-10-8-9(13)2-3-11(10)18(15,16)14-4-1-6-17-7-5-14/h2-3,8H,1,4-7,13H2. The second-order valence-electron chi connectivity index (χ2n) is 4.06. The average molecular weight is 274 g/mol. The Bertz CT molecular complexity index is 525. The number of nitrogen functional groups attached to an aromatic ring is 1. The number of hydrogen-bond acceptors (Lipinski definition) is 4. The van der Waals surface area contributed by atoms with Crippen molar-refractivity contribution in [3.8, 4) is 0 Å². The molecule has 0 aliphatic carbocycles. The fourth-order valence-electron chi connectivity index (χ4n) is 1.83. The van der Waals surface area contributed by atoms with E-state index in [1.54, 1.807) is 0 Å². The molecule has 7 heteroatoms. The first-order valence-corrected chi connectivity index (χ1v) is 7.09. The molecule has 1 heterocycles. The van der Waals surface area contributed by atoms with Crippen LogP contribution in [0.3, 0.4) is 0 Å². The van der Waals surface area contributed by atoms with Crippen LogP contribution in [0.15, 0.2) is 23.1 Å². The fraction of sp³-hybridized carbons (Fsp3) is 0.455. The number of benzene rings is 1. The van der Waals surface area contributed by atoms with Crippen LogP contribution in [0.5, 0.6) is 0 Å². The zero-order chi connectivity index (χ0) is 13.2. The van der Waals surface area contributed by atoms with E-state index in [2.05, 4.69) is 0 Å². The van der Waals surface area contributed by atoms with Gasteiger partial charge in [0, 0.05) is 25.4 Å². The lowest BCUT2D eigenvalue weighted by atomic mass is 10.3. The third kappa shape index (κ3) is 2.63. The van der Waals surface area contributed by atoms with Crippen molar-refractivity contribution < 1.29 is 17.5 Å². The smallest absolute Gasteiger partial charge is 0.246 e. The van der Waals surface area contributed by atoms with Crippen molar-refractivity contribution in [2.45, 2.75) is 11.3 Å². The Balaban J connectivity index is 2.34. The van der Waals surface area contributed by atoms with Crippen LogP contribution in [0.4, 0.5) is 10.1 Å². The number of halogens is 1. The summed E-state index contributed by atoms with van der Waals surface area (Å²) in [6.07, 6.45) is 0.607. The minimum absolute atomic E-state index is 0.200. The topological polar surface area (TPSA) is 72.6 Å². The average Bonchev–Trinajstić information content (AvgIpc) is 2.57. The van der Waals surface area contributed by atoms with E-state index in [1.165, 1.54) is 16.4 Å². The van der Waals surface area contributed by atoms with E-state index in [-0.39, 0.29) is 17.1 Å². The van der Waals surface area contributed by atoms with Gasteiger partial charge in [0.05, 0.1) is 6.61 Å². The highest BCUT2D eigenvalue weighted by atomic mass is 32.2. The molecule has 0 bridgehead atoms. The minimum atomic E-state index is -3.81. The van der Waals surface area contributed by atoms with Crippen molar-refractivity contribution in [3.63, 3.8) is 0 Å². The highest BCUT2D eigenvalue weighted by Crippen LogP contribution is 2.22. The van der Waals surface area contributed by atoms with Crippen LogP contribution in [0.2, 0.25) is 0 Å². The molecule has 18 heavy (non-hydrogen) atoms. The van der Waals surface area contributed by atoms with E-state index in [9.17, 15) is 12.8 Å². The van der Waals surface area contributed by atoms with Gasteiger partial charge in [0.2, 0.25) is 10.0 Å². The van der Waals surface area contributed by atoms with Crippen LogP contribution in [0, 0.1) is 5.82 Å². The molecule has 0 saturated carbocycles. The highest BCUT2D eigenvalue weighted by Gasteiger charge is 2.28. The maximum Gasteiger partial charge on any atom is 0.246 e. The molecule has 2 N–H and O–H groups in total. The van der Waals surface area contributed by atoms with Gasteiger partial charge in [0.25, 0.3) is 0 Å². The van der Waals surface area contributed by atoms with Crippen molar-refractivity contribution in [1.29, 1.82) is 0 Å². The van der Waals surface area contributed by atoms with Gasteiger partial charge in [-0.2, -0.15) is 4.31 Å². The summed E-state index contributed by atoms with van der Waals surface area (Å²) in [6.45, 7) is 1.43. The lowest BCUT2D eigenvalue weighted by Gasteiger charge is -2.19. The molecule has 5 nitrogen and oxygen atoms in total. The predicted octanol–water partition coefficient (Wildman–Crippen LogP) is 0.819. The van der Waals surface area contributed by atoms with Crippen LogP contribution < -0.4 is 5.73 Å². The Morgan fingerprint density at radius 2 is 2.06 bits per heavy atom. The number of rotatable bonds is 2. The first-order valence-electron chi connectivity index (χ1n) is 5.65. The van der Waals surface area contributed by atoms with Gasteiger partial charge in [-0.1, -0.05) is 0 Å². The molecule has 1 aliphatic rings. The summed E-state index contributed by atoms with van der Waals surface area (Å²) in [5.74, 6) is -0.819. The van der Waals surface area contributed by atoms with Gasteiger partial charge in [-0.15, -0.1) is 0 Å². The molecule has 0 amide bonds. The fourth-order valence-corrected chi connectivity index (χ4v) is 3.34.